The standard InChI is InChI=1S/C25H25ClN4O2/c26-20-6-4-18(5-7-20)12-21-13-25(16-32-21)8-10-30(11-9-25)24(31)23-3-1-2-22(29-23)19-14-27-17-28-15-19/h1-7,14-15,17,21H,8-13,16H2. The lowest BCUT2D eigenvalue weighted by molar-refractivity contribution is 0.0492. The van der Waals surface area contributed by atoms with Crippen LogP contribution in [0.2, 0.25) is 5.02 Å². The van der Waals surface area contributed by atoms with Crippen LogP contribution in [-0.2, 0) is 11.2 Å². The Morgan fingerprint density at radius 2 is 1.84 bits per heavy atom. The zero-order valence-corrected chi connectivity index (χ0v) is 18.5. The van der Waals surface area contributed by atoms with Crippen molar-refractivity contribution < 1.29 is 9.53 Å². The van der Waals surface area contributed by atoms with E-state index < -0.39 is 0 Å². The van der Waals surface area contributed by atoms with Crippen molar-refractivity contribution in [1.82, 2.24) is 19.9 Å². The normalized spacial score (nSPS) is 19.9. The molecule has 1 unspecified atom stereocenters. The predicted octanol–water partition coefficient (Wildman–Crippen LogP) is 4.45. The molecule has 2 aliphatic rings. The maximum atomic E-state index is 13.1. The van der Waals surface area contributed by atoms with Crippen LogP contribution in [0.4, 0.5) is 0 Å². The molecule has 6 nitrogen and oxygen atoms in total. The molecule has 2 saturated heterocycles. The molecule has 0 saturated carbocycles. The van der Waals surface area contributed by atoms with Gasteiger partial charge in [0.1, 0.15) is 12.0 Å². The summed E-state index contributed by atoms with van der Waals surface area (Å²) in [6.45, 7) is 2.24. The molecule has 7 heteroatoms. The van der Waals surface area contributed by atoms with E-state index in [2.05, 4.69) is 27.1 Å². The lowest BCUT2D eigenvalue weighted by Crippen LogP contribution is -2.43. The van der Waals surface area contributed by atoms with Crippen LogP contribution in [0.5, 0.6) is 0 Å². The van der Waals surface area contributed by atoms with Gasteiger partial charge < -0.3 is 9.64 Å². The summed E-state index contributed by atoms with van der Waals surface area (Å²) in [4.78, 5) is 27.7. The molecular weight excluding hydrogens is 424 g/mol. The van der Waals surface area contributed by atoms with Crippen LogP contribution in [0, 0.1) is 5.41 Å². The third kappa shape index (κ3) is 4.52. The number of carbonyl (C=O) groups excluding carboxylic acids is 1. The van der Waals surface area contributed by atoms with Crippen LogP contribution >= 0.6 is 11.6 Å². The second-order valence-electron chi connectivity index (χ2n) is 8.80. The molecule has 2 aromatic heterocycles. The highest BCUT2D eigenvalue weighted by atomic mass is 35.5. The van der Waals surface area contributed by atoms with Gasteiger partial charge in [-0.15, -0.1) is 0 Å². The zero-order chi connectivity index (χ0) is 22.0. The molecule has 1 aromatic carbocycles. The number of pyridine rings is 1. The summed E-state index contributed by atoms with van der Waals surface area (Å²) >= 11 is 5.99. The maximum absolute atomic E-state index is 13.1. The molecule has 4 heterocycles. The Hall–Kier alpha value is -2.83. The summed E-state index contributed by atoms with van der Waals surface area (Å²) in [7, 11) is 0. The van der Waals surface area contributed by atoms with E-state index >= 15 is 0 Å². The fraction of sp³-hybridized carbons (Fsp3) is 0.360. The average molecular weight is 449 g/mol. The van der Waals surface area contributed by atoms with E-state index in [1.54, 1.807) is 18.5 Å². The van der Waals surface area contributed by atoms with Crippen molar-refractivity contribution in [3.63, 3.8) is 0 Å². The Bertz CT molecular complexity index is 1080. The van der Waals surface area contributed by atoms with Gasteiger partial charge in [0.05, 0.1) is 18.4 Å². The van der Waals surface area contributed by atoms with E-state index in [-0.39, 0.29) is 17.4 Å². The quantitative estimate of drug-likeness (QED) is 0.590. The number of rotatable bonds is 4. The van der Waals surface area contributed by atoms with Crippen LogP contribution in [0.15, 0.2) is 61.2 Å². The van der Waals surface area contributed by atoms with Crippen molar-refractivity contribution in [2.24, 2.45) is 5.41 Å². The first-order valence-corrected chi connectivity index (χ1v) is 11.4. The summed E-state index contributed by atoms with van der Waals surface area (Å²) in [5.74, 6) is -0.0184. The zero-order valence-electron chi connectivity index (χ0n) is 17.8. The number of hydrogen-bond donors (Lipinski definition) is 0. The van der Waals surface area contributed by atoms with Gasteiger partial charge in [0.2, 0.25) is 0 Å². The summed E-state index contributed by atoms with van der Waals surface area (Å²) in [6, 6.07) is 13.5. The molecule has 2 aliphatic heterocycles. The minimum atomic E-state index is -0.0184. The van der Waals surface area contributed by atoms with Crippen LogP contribution in [0.3, 0.4) is 0 Å². The fourth-order valence-electron chi connectivity index (χ4n) is 4.75. The van der Waals surface area contributed by atoms with Gasteiger partial charge in [-0.25, -0.2) is 15.0 Å². The average Bonchev–Trinajstić information content (AvgIpc) is 3.23. The summed E-state index contributed by atoms with van der Waals surface area (Å²) in [5.41, 5.74) is 3.39. The van der Waals surface area contributed by atoms with Gasteiger partial charge in [0.25, 0.3) is 5.91 Å². The molecule has 3 aromatic rings. The number of halogens is 1. The number of likely N-dealkylation sites (tertiary alicyclic amines) is 1. The Balaban J connectivity index is 1.20. The Morgan fingerprint density at radius 3 is 2.59 bits per heavy atom. The Kier molecular flexibility index (Phi) is 5.89. The summed E-state index contributed by atoms with van der Waals surface area (Å²) < 4.78 is 6.16. The van der Waals surface area contributed by atoms with Gasteiger partial charge >= 0.3 is 0 Å². The molecule has 164 valence electrons. The summed E-state index contributed by atoms with van der Waals surface area (Å²) in [5, 5.41) is 0.756. The molecule has 1 atom stereocenters. The molecule has 0 aliphatic carbocycles. The van der Waals surface area contributed by atoms with Crippen molar-refractivity contribution >= 4 is 17.5 Å². The van der Waals surface area contributed by atoms with Gasteiger partial charge in [-0.1, -0.05) is 29.8 Å². The van der Waals surface area contributed by atoms with Crippen LogP contribution in [0.1, 0.15) is 35.3 Å². The number of ether oxygens (including phenoxy) is 1. The van der Waals surface area contributed by atoms with E-state index in [4.69, 9.17) is 16.3 Å². The molecule has 0 N–H and O–H groups in total. The van der Waals surface area contributed by atoms with Crippen LogP contribution in [0.25, 0.3) is 11.3 Å². The predicted molar refractivity (Wildman–Crippen MR) is 122 cm³/mol. The van der Waals surface area contributed by atoms with Crippen molar-refractivity contribution in [3.05, 3.63) is 77.5 Å². The molecule has 32 heavy (non-hydrogen) atoms. The monoisotopic (exact) mass is 448 g/mol. The second kappa shape index (κ2) is 8.96. The van der Waals surface area contributed by atoms with E-state index in [0.29, 0.717) is 11.4 Å². The smallest absolute Gasteiger partial charge is 0.272 e. The van der Waals surface area contributed by atoms with E-state index in [1.807, 2.05) is 29.2 Å². The van der Waals surface area contributed by atoms with Crippen LogP contribution < -0.4 is 0 Å². The first-order chi connectivity index (χ1) is 15.6. The van der Waals surface area contributed by atoms with Gasteiger partial charge in [-0.2, -0.15) is 0 Å². The number of aromatic nitrogens is 3. The lowest BCUT2D eigenvalue weighted by Gasteiger charge is -2.38. The number of nitrogens with zero attached hydrogens (tertiary/aromatic N) is 4. The minimum absolute atomic E-state index is 0.0184. The molecule has 0 bridgehead atoms. The Labute approximate surface area is 192 Å². The fourth-order valence-corrected chi connectivity index (χ4v) is 4.88. The number of hydrogen-bond acceptors (Lipinski definition) is 5. The number of amides is 1. The van der Waals surface area contributed by atoms with Gasteiger partial charge in [0.15, 0.2) is 0 Å². The van der Waals surface area contributed by atoms with Gasteiger partial charge in [-0.3, -0.25) is 4.79 Å². The highest BCUT2D eigenvalue weighted by Gasteiger charge is 2.43. The molecule has 1 spiro atoms. The van der Waals surface area contributed by atoms with E-state index in [9.17, 15) is 4.79 Å². The Morgan fingerprint density at radius 1 is 1.09 bits per heavy atom. The highest BCUT2D eigenvalue weighted by Crippen LogP contribution is 2.43. The van der Waals surface area contributed by atoms with Crippen molar-refractivity contribution in [3.8, 4) is 11.3 Å². The molecule has 5 rings (SSSR count). The lowest BCUT2D eigenvalue weighted by atomic mass is 9.76. The highest BCUT2D eigenvalue weighted by molar-refractivity contribution is 6.30. The maximum Gasteiger partial charge on any atom is 0.272 e. The molecule has 1 amide bonds. The first kappa shape index (κ1) is 21.0. The van der Waals surface area contributed by atoms with Crippen LogP contribution in [-0.4, -0.2) is 51.6 Å². The molecular formula is C25H25ClN4O2. The van der Waals surface area contributed by atoms with E-state index in [0.717, 1.165) is 56.0 Å². The van der Waals surface area contributed by atoms with Crippen molar-refractivity contribution in [2.45, 2.75) is 31.8 Å². The number of benzene rings is 1. The van der Waals surface area contributed by atoms with E-state index in [1.165, 1.54) is 11.9 Å². The first-order valence-electron chi connectivity index (χ1n) is 11.0. The van der Waals surface area contributed by atoms with Crippen molar-refractivity contribution in [1.29, 1.82) is 0 Å². The van der Waals surface area contributed by atoms with Gasteiger partial charge in [0, 0.05) is 36.1 Å². The third-order valence-electron chi connectivity index (χ3n) is 6.60. The SMILES string of the molecule is O=C(c1cccc(-c2cncnc2)n1)N1CCC2(CC1)COC(Cc1ccc(Cl)cc1)C2. The molecule has 2 fully saturated rings. The number of carbonyl (C=O) groups is 1. The minimum Gasteiger partial charge on any atom is -0.377 e. The third-order valence-corrected chi connectivity index (χ3v) is 6.85. The molecule has 0 radical (unpaired) electrons. The number of piperidine rings is 1. The van der Waals surface area contributed by atoms with Crippen molar-refractivity contribution in [2.75, 3.05) is 19.7 Å². The second-order valence-corrected chi connectivity index (χ2v) is 9.23. The van der Waals surface area contributed by atoms with Gasteiger partial charge in [-0.05, 0) is 60.9 Å². The summed E-state index contributed by atoms with van der Waals surface area (Å²) in [6.07, 6.45) is 8.98. The largest absolute Gasteiger partial charge is 0.377 e. The topological polar surface area (TPSA) is 68.2 Å².